The van der Waals surface area contributed by atoms with Crippen LogP contribution < -0.4 is 9.64 Å². The Morgan fingerprint density at radius 3 is 2.26 bits per heavy atom. The number of hydrogen-bond donors (Lipinski definition) is 1. The van der Waals surface area contributed by atoms with E-state index in [0.717, 1.165) is 66.7 Å². The third kappa shape index (κ3) is 8.41. The second-order valence-electron chi connectivity index (χ2n) is 15.2. The summed E-state index contributed by atoms with van der Waals surface area (Å²) in [6, 6.07) is 31.4. The highest BCUT2D eigenvalue weighted by Gasteiger charge is 2.31. The summed E-state index contributed by atoms with van der Waals surface area (Å²) in [5.74, 6) is -0.305. The van der Waals surface area contributed by atoms with Gasteiger partial charge in [0.05, 0.1) is 7.11 Å². The lowest BCUT2D eigenvalue weighted by Gasteiger charge is -2.43. The van der Waals surface area contributed by atoms with Crippen LogP contribution in [0, 0.1) is 5.82 Å². The SMILES string of the molecule is COc1ccc(F)cc1[C@@H](CC(=O)c1cccc(-c2ccc(N3CCC(N4CCN(C(=O)OC(C)(C)C)CC4)CC3)cc2)c1)c1cc2ccccc2[nH]1. The maximum Gasteiger partial charge on any atom is 0.410 e. The minimum atomic E-state index is -0.478. The van der Waals surface area contributed by atoms with E-state index in [2.05, 4.69) is 39.0 Å². The minimum absolute atomic E-state index is 0.0347. The van der Waals surface area contributed by atoms with Gasteiger partial charge in [-0.05, 0) is 98.7 Å². The van der Waals surface area contributed by atoms with E-state index in [1.807, 2.05) is 80.3 Å². The second-order valence-corrected chi connectivity index (χ2v) is 15.2. The molecule has 0 aliphatic carbocycles. The van der Waals surface area contributed by atoms with Crippen molar-refractivity contribution in [1.82, 2.24) is 14.8 Å². The summed E-state index contributed by atoms with van der Waals surface area (Å²) in [5, 5.41) is 1.03. The Morgan fingerprint density at radius 2 is 1.57 bits per heavy atom. The zero-order chi connectivity index (χ0) is 37.1. The number of Topliss-reactive ketones (excluding diaryl/α,β-unsaturated/α-hetero) is 1. The van der Waals surface area contributed by atoms with Crippen LogP contribution in [0.2, 0.25) is 0 Å². The first kappa shape index (κ1) is 36.2. The number of piperidine rings is 1. The maximum absolute atomic E-state index is 14.6. The average Bonchev–Trinajstić information content (AvgIpc) is 3.61. The number of ether oxygens (including phenoxy) is 2. The Bertz CT molecular complexity index is 2020. The predicted octanol–water partition coefficient (Wildman–Crippen LogP) is 8.91. The molecule has 0 unspecified atom stereocenters. The van der Waals surface area contributed by atoms with E-state index in [1.54, 1.807) is 13.2 Å². The highest BCUT2D eigenvalue weighted by molar-refractivity contribution is 5.98. The number of nitrogens with zero attached hydrogens (tertiary/aromatic N) is 3. The third-order valence-corrected chi connectivity index (χ3v) is 10.6. The van der Waals surface area contributed by atoms with Crippen molar-refractivity contribution in [3.63, 3.8) is 0 Å². The van der Waals surface area contributed by atoms with Gasteiger partial charge in [-0.1, -0.05) is 48.5 Å². The fraction of sp³-hybridized carbons (Fsp3) is 0.364. The number of benzene rings is 4. The van der Waals surface area contributed by atoms with Gasteiger partial charge >= 0.3 is 6.09 Å². The van der Waals surface area contributed by atoms with E-state index in [1.165, 1.54) is 17.8 Å². The van der Waals surface area contributed by atoms with Crippen molar-refractivity contribution in [1.29, 1.82) is 0 Å². The van der Waals surface area contributed by atoms with Crippen LogP contribution in [-0.2, 0) is 4.74 Å². The number of aromatic amines is 1. The van der Waals surface area contributed by atoms with E-state index >= 15 is 0 Å². The Morgan fingerprint density at radius 1 is 0.830 bits per heavy atom. The zero-order valence-corrected chi connectivity index (χ0v) is 31.1. The minimum Gasteiger partial charge on any atom is -0.496 e. The summed E-state index contributed by atoms with van der Waals surface area (Å²) in [6.07, 6.45) is 2.09. The van der Waals surface area contributed by atoms with Gasteiger partial charge in [0.2, 0.25) is 0 Å². The summed E-state index contributed by atoms with van der Waals surface area (Å²) in [5.41, 5.74) is 5.76. The molecule has 8 nitrogen and oxygen atoms in total. The standard InChI is InChI=1S/C44H49FN4O4/c1-44(2,3)53-43(51)49-24-22-48(23-25-49)36-18-20-47(21-19-36)35-15-12-30(13-16-35)31-9-7-10-33(26-31)41(50)29-37(38-28-34(45)14-17-42(38)52-4)40-27-32-8-5-6-11-39(32)46-40/h5-17,26-28,36-37,46H,18-25,29H2,1-4H3/t37-/m1/s1. The number of rotatable bonds is 9. The lowest BCUT2D eigenvalue weighted by molar-refractivity contribution is 0.00901. The van der Waals surface area contributed by atoms with Crippen LogP contribution in [0.15, 0.2) is 97.1 Å². The number of piperazine rings is 1. The number of hydrogen-bond acceptors (Lipinski definition) is 6. The number of methoxy groups -OCH3 is 1. The van der Waals surface area contributed by atoms with Gasteiger partial charge in [0.15, 0.2) is 5.78 Å². The number of nitrogens with one attached hydrogen (secondary N) is 1. The van der Waals surface area contributed by atoms with E-state index in [4.69, 9.17) is 9.47 Å². The molecule has 276 valence electrons. The number of carbonyl (C=O) groups is 2. The van der Waals surface area contributed by atoms with Gasteiger partial charge in [-0.25, -0.2) is 9.18 Å². The van der Waals surface area contributed by atoms with Gasteiger partial charge in [-0.15, -0.1) is 0 Å². The molecule has 7 rings (SSSR count). The average molecular weight is 717 g/mol. The van der Waals surface area contributed by atoms with Gasteiger partial charge in [0.1, 0.15) is 17.2 Å². The molecular formula is C44H49FN4O4. The van der Waals surface area contributed by atoms with Crippen LogP contribution in [0.4, 0.5) is 14.9 Å². The Hall–Kier alpha value is -5.15. The number of H-pyrrole nitrogens is 1. The molecule has 2 saturated heterocycles. The predicted molar refractivity (Wildman–Crippen MR) is 209 cm³/mol. The van der Waals surface area contributed by atoms with Crippen LogP contribution >= 0.6 is 0 Å². The summed E-state index contributed by atoms with van der Waals surface area (Å²) in [6.45, 7) is 10.8. The van der Waals surface area contributed by atoms with Gasteiger partial charge < -0.3 is 24.3 Å². The second kappa shape index (κ2) is 15.4. The zero-order valence-electron chi connectivity index (χ0n) is 31.1. The molecule has 2 fully saturated rings. The van der Waals surface area contributed by atoms with Crippen molar-refractivity contribution in [2.45, 2.75) is 57.6 Å². The first-order valence-electron chi connectivity index (χ1n) is 18.7. The number of ketones is 1. The van der Waals surface area contributed by atoms with Gasteiger partial charge in [-0.3, -0.25) is 9.69 Å². The van der Waals surface area contributed by atoms with Gasteiger partial charge in [0.25, 0.3) is 0 Å². The quantitative estimate of drug-likeness (QED) is 0.154. The largest absolute Gasteiger partial charge is 0.496 e. The van der Waals surface area contributed by atoms with Gasteiger partial charge in [0, 0.05) is 85.7 Å². The Kier molecular flexibility index (Phi) is 10.6. The summed E-state index contributed by atoms with van der Waals surface area (Å²) in [7, 11) is 1.57. The number of amides is 1. The molecule has 9 heteroatoms. The topological polar surface area (TPSA) is 78.1 Å². The first-order chi connectivity index (χ1) is 25.5. The van der Waals surface area contributed by atoms with E-state index in [0.29, 0.717) is 36.0 Å². The molecule has 0 saturated carbocycles. The molecule has 2 aliphatic rings. The monoisotopic (exact) mass is 716 g/mol. The molecule has 53 heavy (non-hydrogen) atoms. The van der Waals surface area contributed by atoms with Crippen molar-refractivity contribution >= 4 is 28.5 Å². The highest BCUT2D eigenvalue weighted by atomic mass is 19.1. The summed E-state index contributed by atoms with van der Waals surface area (Å²) >= 11 is 0. The molecule has 1 amide bonds. The molecular weight excluding hydrogens is 668 g/mol. The smallest absolute Gasteiger partial charge is 0.410 e. The number of carbonyl (C=O) groups excluding carboxylic acids is 2. The molecule has 0 radical (unpaired) electrons. The molecule has 2 aliphatic heterocycles. The third-order valence-electron chi connectivity index (χ3n) is 10.6. The lowest BCUT2D eigenvalue weighted by Crippen LogP contribution is -2.55. The van der Waals surface area contributed by atoms with Gasteiger partial charge in [-0.2, -0.15) is 0 Å². The molecule has 5 aromatic rings. The number of aromatic nitrogens is 1. The van der Waals surface area contributed by atoms with Crippen molar-refractivity contribution in [2.75, 3.05) is 51.3 Å². The summed E-state index contributed by atoms with van der Waals surface area (Å²) in [4.78, 5) is 36.8. The number of fused-ring (bicyclic) bond motifs is 1. The van der Waals surface area contributed by atoms with Crippen LogP contribution in [0.5, 0.6) is 5.75 Å². The molecule has 1 aromatic heterocycles. The summed E-state index contributed by atoms with van der Waals surface area (Å²) < 4.78 is 25.8. The lowest BCUT2D eigenvalue weighted by atomic mass is 9.87. The van der Waals surface area contributed by atoms with Crippen molar-refractivity contribution in [3.8, 4) is 16.9 Å². The Balaban J connectivity index is 0.997. The molecule has 0 spiro atoms. The molecule has 3 heterocycles. The van der Waals surface area contributed by atoms with Crippen molar-refractivity contribution in [2.24, 2.45) is 0 Å². The van der Waals surface area contributed by atoms with E-state index in [9.17, 15) is 14.0 Å². The van der Waals surface area contributed by atoms with Crippen LogP contribution in [0.25, 0.3) is 22.0 Å². The van der Waals surface area contributed by atoms with E-state index in [-0.39, 0.29) is 24.1 Å². The molecule has 0 bridgehead atoms. The maximum atomic E-state index is 14.6. The van der Waals surface area contributed by atoms with Crippen molar-refractivity contribution < 1.29 is 23.5 Å². The fourth-order valence-electron chi connectivity index (χ4n) is 7.77. The molecule has 1 N–H and O–H groups in total. The number of anilines is 1. The van der Waals surface area contributed by atoms with E-state index < -0.39 is 11.5 Å². The highest BCUT2D eigenvalue weighted by Crippen LogP contribution is 2.37. The molecule has 1 atom stereocenters. The number of para-hydroxylation sites is 1. The Labute approximate surface area is 311 Å². The first-order valence-corrected chi connectivity index (χ1v) is 18.7. The van der Waals surface area contributed by atoms with Crippen LogP contribution in [0.3, 0.4) is 0 Å². The normalized spacial score (nSPS) is 16.5. The van der Waals surface area contributed by atoms with Crippen LogP contribution in [0.1, 0.15) is 67.6 Å². The van der Waals surface area contributed by atoms with Crippen molar-refractivity contribution in [3.05, 3.63) is 120 Å². The fourth-order valence-corrected chi connectivity index (χ4v) is 7.77. The van der Waals surface area contributed by atoms with Crippen LogP contribution in [-0.4, -0.2) is 84.7 Å². The molecule has 4 aromatic carbocycles. The number of halogens is 1.